The summed E-state index contributed by atoms with van der Waals surface area (Å²) < 4.78 is 29.0. The van der Waals surface area contributed by atoms with Crippen molar-refractivity contribution in [1.29, 1.82) is 0 Å². The van der Waals surface area contributed by atoms with Crippen molar-refractivity contribution in [2.75, 3.05) is 13.6 Å². The molecule has 0 saturated heterocycles. The zero-order valence-corrected chi connectivity index (χ0v) is 13.7. The van der Waals surface area contributed by atoms with Gasteiger partial charge in [0.2, 0.25) is 10.0 Å². The minimum atomic E-state index is -3.52. The molecule has 1 heterocycles. The Morgan fingerprint density at radius 3 is 2.67 bits per heavy atom. The van der Waals surface area contributed by atoms with Gasteiger partial charge in [-0.3, -0.25) is 4.90 Å². The van der Waals surface area contributed by atoms with Crippen LogP contribution < -0.4 is 4.72 Å². The molecule has 1 saturated carbocycles. The summed E-state index contributed by atoms with van der Waals surface area (Å²) in [5.41, 5.74) is 0.612. The van der Waals surface area contributed by atoms with Crippen LogP contribution in [0.2, 0.25) is 0 Å². The normalized spacial score (nSPS) is 17.4. The van der Waals surface area contributed by atoms with Crippen LogP contribution in [0.4, 0.5) is 0 Å². The second-order valence-corrected chi connectivity index (χ2v) is 7.48. The molecule has 1 aromatic heterocycles. The zero-order valence-electron chi connectivity index (χ0n) is 12.9. The largest absolute Gasteiger partial charge is 0.390 e. The average molecular weight is 315 g/mol. The van der Waals surface area contributed by atoms with Crippen LogP contribution >= 0.6 is 0 Å². The molecule has 120 valence electrons. The number of aromatic nitrogens is 1. The van der Waals surface area contributed by atoms with Crippen molar-refractivity contribution < 1.29 is 13.5 Å². The topological polar surface area (TPSA) is 74.6 Å². The maximum absolute atomic E-state index is 12.3. The summed E-state index contributed by atoms with van der Waals surface area (Å²) >= 11 is 0. The minimum absolute atomic E-state index is 0.163. The van der Waals surface area contributed by atoms with E-state index in [0.29, 0.717) is 24.8 Å². The number of aliphatic hydroxyl groups is 1. The number of aryl methyl sites for hydroxylation is 1. The number of nitrogens with one attached hydrogen (secondary N) is 1. The van der Waals surface area contributed by atoms with Gasteiger partial charge in [0.25, 0.3) is 0 Å². The fourth-order valence-corrected chi connectivity index (χ4v) is 3.58. The second kappa shape index (κ2) is 6.48. The molecule has 0 aromatic carbocycles. The monoisotopic (exact) mass is 315 g/mol. The summed E-state index contributed by atoms with van der Waals surface area (Å²) in [5, 5.41) is 9.24. The van der Waals surface area contributed by atoms with Gasteiger partial charge in [-0.05, 0) is 39.8 Å². The van der Waals surface area contributed by atoms with Gasteiger partial charge in [0.15, 0.2) is 0 Å². The van der Waals surface area contributed by atoms with Crippen molar-refractivity contribution in [3.8, 4) is 0 Å². The maximum atomic E-state index is 12.3. The third-order valence-corrected chi connectivity index (χ3v) is 5.55. The number of sulfonamides is 1. The second-order valence-electron chi connectivity index (χ2n) is 5.71. The van der Waals surface area contributed by atoms with Crippen LogP contribution in [0.1, 0.15) is 32.4 Å². The van der Waals surface area contributed by atoms with E-state index >= 15 is 0 Å². The van der Waals surface area contributed by atoms with Crippen LogP contribution in [0.25, 0.3) is 0 Å². The summed E-state index contributed by atoms with van der Waals surface area (Å²) in [4.78, 5) is 2.44. The summed E-state index contributed by atoms with van der Waals surface area (Å²) in [6, 6.07) is 2.30. The Morgan fingerprint density at radius 1 is 1.52 bits per heavy atom. The molecular weight excluding hydrogens is 290 g/mol. The van der Waals surface area contributed by atoms with E-state index in [1.54, 1.807) is 10.8 Å². The molecule has 1 aliphatic rings. The Labute approximate surface area is 126 Å². The van der Waals surface area contributed by atoms with Crippen LogP contribution in [-0.4, -0.2) is 48.7 Å². The highest BCUT2D eigenvalue weighted by atomic mass is 32.2. The van der Waals surface area contributed by atoms with Gasteiger partial charge in [-0.2, -0.15) is 0 Å². The molecule has 0 aliphatic heterocycles. The molecule has 2 rings (SSSR count). The van der Waals surface area contributed by atoms with Gasteiger partial charge < -0.3 is 9.67 Å². The molecule has 0 bridgehead atoms. The Hall–Kier alpha value is -0.890. The van der Waals surface area contributed by atoms with E-state index in [-0.39, 0.29) is 17.5 Å². The first kappa shape index (κ1) is 16.5. The van der Waals surface area contributed by atoms with Crippen molar-refractivity contribution >= 4 is 10.0 Å². The predicted octanol–water partition coefficient (Wildman–Crippen LogP) is 0.761. The van der Waals surface area contributed by atoms with E-state index in [2.05, 4.69) is 9.62 Å². The molecular formula is C14H25N3O3S. The molecule has 7 heteroatoms. The van der Waals surface area contributed by atoms with Crippen LogP contribution in [0.5, 0.6) is 0 Å². The van der Waals surface area contributed by atoms with E-state index in [4.69, 9.17) is 0 Å². The van der Waals surface area contributed by atoms with Crippen molar-refractivity contribution in [2.45, 2.75) is 56.8 Å². The molecule has 21 heavy (non-hydrogen) atoms. The first-order chi connectivity index (χ1) is 9.89. The molecule has 1 fully saturated rings. The highest BCUT2D eigenvalue weighted by Crippen LogP contribution is 2.26. The third kappa shape index (κ3) is 3.85. The Kier molecular flexibility index (Phi) is 5.08. The standard InChI is InChI=1S/C14H25N3O3S/c1-4-17-9-14(7-13(17)10-18)21(19,20)15-8-11(2)16(3)12-5-6-12/h7,9,11-12,15,18H,4-6,8,10H2,1-3H3. The highest BCUT2D eigenvalue weighted by Gasteiger charge is 2.29. The van der Waals surface area contributed by atoms with Crippen molar-refractivity contribution in [2.24, 2.45) is 0 Å². The number of hydrogen-bond acceptors (Lipinski definition) is 4. The summed E-state index contributed by atoms with van der Waals surface area (Å²) in [7, 11) is -1.49. The lowest BCUT2D eigenvalue weighted by atomic mass is 10.3. The lowest BCUT2D eigenvalue weighted by Crippen LogP contribution is -2.41. The lowest BCUT2D eigenvalue weighted by Gasteiger charge is -2.24. The number of hydrogen-bond donors (Lipinski definition) is 2. The first-order valence-electron chi connectivity index (χ1n) is 7.40. The van der Waals surface area contributed by atoms with Gasteiger partial charge in [-0.15, -0.1) is 0 Å². The Bertz CT molecular complexity index is 557. The number of likely N-dealkylation sites (N-methyl/N-ethyl adjacent to an activating group) is 1. The highest BCUT2D eigenvalue weighted by molar-refractivity contribution is 7.89. The van der Waals surface area contributed by atoms with Gasteiger partial charge in [-0.25, -0.2) is 13.1 Å². The SMILES string of the molecule is CCn1cc(S(=O)(=O)NCC(C)N(C)C2CC2)cc1CO. The van der Waals surface area contributed by atoms with E-state index in [9.17, 15) is 13.5 Å². The summed E-state index contributed by atoms with van der Waals surface area (Å²) in [6.07, 6.45) is 3.97. The van der Waals surface area contributed by atoms with Crippen molar-refractivity contribution in [3.05, 3.63) is 18.0 Å². The molecule has 2 N–H and O–H groups in total. The van der Waals surface area contributed by atoms with Gasteiger partial charge >= 0.3 is 0 Å². The zero-order chi connectivity index (χ0) is 15.6. The molecule has 1 unspecified atom stereocenters. The van der Waals surface area contributed by atoms with Crippen LogP contribution in [0, 0.1) is 0 Å². The summed E-state index contributed by atoms with van der Waals surface area (Å²) in [6.45, 7) is 4.80. The smallest absolute Gasteiger partial charge is 0.242 e. The Morgan fingerprint density at radius 2 is 2.19 bits per heavy atom. The molecule has 0 amide bonds. The molecule has 0 spiro atoms. The quantitative estimate of drug-likeness (QED) is 0.743. The number of nitrogens with zero attached hydrogens (tertiary/aromatic N) is 2. The van der Waals surface area contributed by atoms with E-state index in [0.717, 1.165) is 0 Å². The van der Waals surface area contributed by atoms with Gasteiger partial charge in [0, 0.05) is 37.1 Å². The molecule has 1 atom stereocenters. The Balaban J connectivity index is 2.02. The minimum Gasteiger partial charge on any atom is -0.390 e. The lowest BCUT2D eigenvalue weighted by molar-refractivity contribution is 0.248. The first-order valence-corrected chi connectivity index (χ1v) is 8.88. The molecule has 6 nitrogen and oxygen atoms in total. The van der Waals surface area contributed by atoms with Crippen LogP contribution in [-0.2, 0) is 23.2 Å². The van der Waals surface area contributed by atoms with Gasteiger partial charge in [0.1, 0.15) is 0 Å². The fourth-order valence-electron chi connectivity index (χ4n) is 2.40. The predicted molar refractivity (Wildman–Crippen MR) is 81.5 cm³/mol. The average Bonchev–Trinajstić information content (AvgIpc) is 3.22. The van der Waals surface area contributed by atoms with Crippen LogP contribution in [0.3, 0.4) is 0 Å². The third-order valence-electron chi connectivity index (χ3n) is 4.16. The maximum Gasteiger partial charge on any atom is 0.242 e. The van der Waals surface area contributed by atoms with Gasteiger partial charge in [-0.1, -0.05) is 0 Å². The molecule has 0 radical (unpaired) electrons. The fraction of sp³-hybridized carbons (Fsp3) is 0.714. The van der Waals surface area contributed by atoms with Crippen molar-refractivity contribution in [1.82, 2.24) is 14.2 Å². The summed E-state index contributed by atoms with van der Waals surface area (Å²) in [5.74, 6) is 0. The molecule has 1 aliphatic carbocycles. The van der Waals surface area contributed by atoms with E-state index < -0.39 is 10.0 Å². The van der Waals surface area contributed by atoms with Crippen LogP contribution in [0.15, 0.2) is 17.2 Å². The van der Waals surface area contributed by atoms with Gasteiger partial charge in [0.05, 0.1) is 11.5 Å². The number of aliphatic hydroxyl groups excluding tert-OH is 1. The molecule has 1 aromatic rings. The van der Waals surface area contributed by atoms with E-state index in [1.165, 1.54) is 18.9 Å². The number of rotatable bonds is 8. The van der Waals surface area contributed by atoms with E-state index in [1.807, 2.05) is 20.9 Å². The van der Waals surface area contributed by atoms with Crippen molar-refractivity contribution in [3.63, 3.8) is 0 Å².